The zero-order valence-corrected chi connectivity index (χ0v) is 21.6. The molecule has 37 heavy (non-hydrogen) atoms. The van der Waals surface area contributed by atoms with Gasteiger partial charge < -0.3 is 61.3 Å². The van der Waals surface area contributed by atoms with Crippen LogP contribution in [0.5, 0.6) is 51.7 Å². The fraction of sp³-hybridized carbons (Fsp3) is 0. The van der Waals surface area contributed by atoms with Gasteiger partial charge in [0.2, 0.25) is 0 Å². The second kappa shape index (κ2) is 13.5. The van der Waals surface area contributed by atoms with Crippen molar-refractivity contribution in [1.82, 2.24) is 0 Å². The third-order valence-electron chi connectivity index (χ3n) is 3.89. The van der Waals surface area contributed by atoms with E-state index in [9.17, 15) is 29.7 Å². The largest absolute Gasteiger partial charge is 3.00 e. The number of hydrogen-bond donors (Lipinski definition) is 9. The van der Waals surface area contributed by atoms with E-state index in [1.807, 2.05) is 0 Å². The predicted molar refractivity (Wildman–Crippen MR) is 109 cm³/mol. The summed E-state index contributed by atoms with van der Waals surface area (Å²) in [5.74, 6) is -11.5. The topological polar surface area (TPSA) is 302 Å². The van der Waals surface area contributed by atoms with Crippen molar-refractivity contribution in [3.63, 3.8) is 0 Å². The van der Waals surface area contributed by atoms with Gasteiger partial charge in [-0.3, -0.25) is 0 Å². The van der Waals surface area contributed by atoms with E-state index in [1.165, 1.54) is 0 Å². The fourth-order valence-corrected chi connectivity index (χ4v) is 2.17. The van der Waals surface area contributed by atoms with Gasteiger partial charge in [0.15, 0.2) is 0 Å². The number of carboxylic acids is 3. The number of benzene rings is 3. The Morgan fingerprint density at radius 3 is 0.676 bits per heavy atom. The van der Waals surface area contributed by atoms with E-state index in [-0.39, 0.29) is 52.3 Å². The van der Waals surface area contributed by atoms with Gasteiger partial charge in [-0.1, -0.05) is 0 Å². The zero-order chi connectivity index (χ0) is 27.9. The van der Waals surface area contributed by atoms with E-state index in [1.54, 1.807) is 0 Å². The normalized spacial score (nSPS) is 9.41. The Morgan fingerprint density at radius 2 is 0.568 bits per heavy atom. The number of carbonyl (C=O) groups is 3. The molecule has 15 nitrogen and oxygen atoms in total. The number of hydrogen-bond acceptors (Lipinski definition) is 12. The van der Waals surface area contributed by atoms with E-state index in [0.29, 0.717) is 0 Å². The maximum Gasteiger partial charge on any atom is 3.00 e. The molecule has 0 saturated carbocycles. The molecule has 16 heteroatoms. The molecule has 0 aliphatic heterocycles. The van der Waals surface area contributed by atoms with Crippen LogP contribution in [0.1, 0.15) is 31.1 Å². The Hall–Kier alpha value is -4.54. The molecule has 3 aromatic carbocycles. The quantitative estimate of drug-likeness (QED) is 0.175. The Bertz CT molecular complexity index is 1090. The Kier molecular flexibility index (Phi) is 11.9. The Labute approximate surface area is 233 Å². The van der Waals surface area contributed by atoms with Crippen LogP contribution >= 0.6 is 0 Å². The van der Waals surface area contributed by atoms with Crippen molar-refractivity contribution in [3.8, 4) is 51.7 Å². The number of carboxylic acid groups (broad SMARTS) is 3. The molecule has 9 N–H and O–H groups in total. The Morgan fingerprint density at radius 1 is 0.432 bits per heavy atom. The van der Waals surface area contributed by atoms with Crippen LogP contribution in [0.15, 0.2) is 36.4 Å². The van der Waals surface area contributed by atoms with Gasteiger partial charge in [0.05, 0.1) is 16.7 Å². The third kappa shape index (κ3) is 8.88. The van der Waals surface area contributed by atoms with E-state index in [4.69, 9.17) is 46.0 Å². The second-order valence-corrected chi connectivity index (χ2v) is 6.45. The van der Waals surface area contributed by atoms with Crippen LogP contribution in [0.4, 0.5) is 0 Å². The molecule has 0 bridgehead atoms. The van der Waals surface area contributed by atoms with Crippen LogP contribution < -0.4 is 15.3 Å². The number of rotatable bonds is 3. The summed E-state index contributed by atoms with van der Waals surface area (Å²) in [5.41, 5.74) is -0.987. The van der Waals surface area contributed by atoms with E-state index in [0.717, 1.165) is 36.4 Å². The summed E-state index contributed by atoms with van der Waals surface area (Å²) in [6, 6.07) is 4.69. The van der Waals surface area contributed by atoms with Crippen LogP contribution in [0.25, 0.3) is 0 Å². The molecule has 0 aromatic heterocycles. The average Bonchev–Trinajstić information content (AvgIpc) is 2.79. The standard InChI is InChI=1S/3C7H6O5.La/c3*8-4-1-3(7(11)12)2-5(9)6(4)10;/h3*1-2,8-10H,(H,11,12);/q;;;+3/p-3. The number of phenols is 6. The first-order valence-electron chi connectivity index (χ1n) is 8.95. The van der Waals surface area contributed by atoms with Crippen molar-refractivity contribution < 1.29 is 111 Å². The summed E-state index contributed by atoms with van der Waals surface area (Å²) < 4.78 is 0. The van der Waals surface area contributed by atoms with Crippen molar-refractivity contribution >= 4 is 17.9 Å². The third-order valence-corrected chi connectivity index (χ3v) is 3.89. The van der Waals surface area contributed by atoms with Crippen LogP contribution in [0.2, 0.25) is 0 Å². The molecule has 0 spiro atoms. The van der Waals surface area contributed by atoms with Crippen LogP contribution in [-0.2, 0) is 0 Å². The molecule has 0 amide bonds. The SMILES string of the molecule is O=C(O)c1cc(O)c([O-])c(O)c1.O=C(O)c1cc(O)c([O-])c(O)c1.O=C(O)c1cc(O)c([O-])c(O)c1.[La+3]. The molecule has 0 atom stereocenters. The summed E-state index contributed by atoms with van der Waals surface area (Å²) >= 11 is 0. The van der Waals surface area contributed by atoms with Gasteiger partial charge in [-0.2, -0.15) is 0 Å². The van der Waals surface area contributed by atoms with E-state index < -0.39 is 69.7 Å². The smallest absolute Gasteiger partial charge is 0.867 e. The minimum absolute atomic E-state index is 0. The van der Waals surface area contributed by atoms with Gasteiger partial charge in [-0.25, -0.2) is 14.4 Å². The molecule has 0 unspecified atom stereocenters. The molecule has 3 rings (SSSR count). The van der Waals surface area contributed by atoms with Crippen molar-refractivity contribution in [3.05, 3.63) is 53.1 Å². The summed E-state index contributed by atoms with van der Waals surface area (Å²) in [7, 11) is 0. The Balaban J connectivity index is 0.000000518. The first-order valence-corrected chi connectivity index (χ1v) is 8.95. The number of phenolic OH excluding ortho intramolecular Hbond substituents is 6. The van der Waals surface area contributed by atoms with Crippen molar-refractivity contribution in [2.75, 3.05) is 0 Å². The molecule has 0 heterocycles. The minimum atomic E-state index is -1.32. The van der Waals surface area contributed by atoms with Crippen LogP contribution in [-0.4, -0.2) is 63.9 Å². The first kappa shape index (κ1) is 32.5. The first-order chi connectivity index (χ1) is 16.6. The molecule has 3 aromatic rings. The van der Waals surface area contributed by atoms with Crippen LogP contribution in [0.3, 0.4) is 0 Å². The van der Waals surface area contributed by atoms with Gasteiger partial charge >= 0.3 is 53.5 Å². The maximum atomic E-state index is 10.7. The molecular formula is C21H15LaO15. The minimum Gasteiger partial charge on any atom is -0.867 e. The van der Waals surface area contributed by atoms with Gasteiger partial charge in [0, 0.05) is 0 Å². The maximum absolute atomic E-state index is 10.7. The van der Waals surface area contributed by atoms with Gasteiger partial charge in [0.1, 0.15) is 34.5 Å². The summed E-state index contributed by atoms with van der Waals surface area (Å²) in [6.45, 7) is 0. The number of aromatic carboxylic acids is 3. The molecule has 0 fully saturated rings. The zero-order valence-electron chi connectivity index (χ0n) is 18.0. The molecule has 0 aliphatic carbocycles. The van der Waals surface area contributed by atoms with Crippen molar-refractivity contribution in [2.24, 2.45) is 0 Å². The second-order valence-electron chi connectivity index (χ2n) is 6.45. The summed E-state index contributed by atoms with van der Waals surface area (Å²) in [4.78, 5) is 30.9. The van der Waals surface area contributed by atoms with Gasteiger partial charge in [0.25, 0.3) is 0 Å². The average molecular weight is 646 g/mol. The molecule has 0 aliphatic rings. The fourth-order valence-electron chi connectivity index (χ4n) is 2.17. The molecule has 192 valence electrons. The molecule has 0 radical (unpaired) electrons. The van der Waals surface area contributed by atoms with Gasteiger partial charge in [-0.05, 0) is 53.6 Å². The van der Waals surface area contributed by atoms with Crippen molar-refractivity contribution in [2.45, 2.75) is 0 Å². The predicted octanol–water partition coefficient (Wildman–Crippen LogP) is -0.391. The van der Waals surface area contributed by atoms with Gasteiger partial charge in [-0.15, -0.1) is 0 Å². The van der Waals surface area contributed by atoms with E-state index in [2.05, 4.69) is 0 Å². The molecule has 0 saturated heterocycles. The van der Waals surface area contributed by atoms with E-state index >= 15 is 0 Å². The summed E-state index contributed by atoms with van der Waals surface area (Å²) in [5, 5.41) is 110. The monoisotopic (exact) mass is 646 g/mol. The summed E-state index contributed by atoms with van der Waals surface area (Å²) in [6.07, 6.45) is 0. The molecular weight excluding hydrogens is 631 g/mol. The van der Waals surface area contributed by atoms with Crippen LogP contribution in [0, 0.1) is 35.6 Å². The number of aromatic hydroxyl groups is 6. The van der Waals surface area contributed by atoms with Crippen molar-refractivity contribution in [1.29, 1.82) is 0 Å².